The van der Waals surface area contributed by atoms with Crippen molar-refractivity contribution in [2.24, 2.45) is 11.5 Å². The maximum absolute atomic E-state index is 5.67. The van der Waals surface area contributed by atoms with E-state index in [-0.39, 0.29) is 6.04 Å². The number of hydrogen-bond donors (Lipinski definition) is 2. The minimum absolute atomic E-state index is 0.0128. The van der Waals surface area contributed by atoms with Crippen molar-refractivity contribution in [3.05, 3.63) is 72.3 Å². The molecule has 84 valence electrons. The molecule has 0 fully saturated rings. The normalized spacial score (nSPS) is 11.1. The van der Waals surface area contributed by atoms with Gasteiger partial charge in [0.05, 0.1) is 0 Å². The highest BCUT2D eigenvalue weighted by molar-refractivity contribution is 5.18. The van der Waals surface area contributed by atoms with E-state index in [1.165, 1.54) is 0 Å². The van der Waals surface area contributed by atoms with Gasteiger partial charge in [-0.3, -0.25) is 0 Å². The molecule has 0 bridgehead atoms. The summed E-state index contributed by atoms with van der Waals surface area (Å²) in [5.74, 6) is 0. The van der Waals surface area contributed by atoms with Crippen LogP contribution < -0.4 is 11.5 Å². The Bertz CT molecular complexity index is 332. The van der Waals surface area contributed by atoms with E-state index in [4.69, 9.17) is 11.5 Å². The molecule has 2 heteroatoms. The standard InChI is InChI=1S/C8H12N2.C6H6/c9-6-8(10)7-4-2-1-3-5-7;1-2-4-6-5-3-1/h1-5,8H,6,9-10H2;1-6H/t8-;/m0./s1. The van der Waals surface area contributed by atoms with Gasteiger partial charge in [-0.2, -0.15) is 0 Å². The molecule has 0 aliphatic rings. The van der Waals surface area contributed by atoms with E-state index in [2.05, 4.69) is 0 Å². The third-order valence-corrected chi connectivity index (χ3v) is 2.15. The predicted molar refractivity (Wildman–Crippen MR) is 68.9 cm³/mol. The van der Waals surface area contributed by atoms with E-state index in [1.54, 1.807) is 0 Å². The quantitative estimate of drug-likeness (QED) is 0.806. The summed E-state index contributed by atoms with van der Waals surface area (Å²) in [7, 11) is 0. The molecule has 0 aromatic heterocycles. The van der Waals surface area contributed by atoms with E-state index >= 15 is 0 Å². The summed E-state index contributed by atoms with van der Waals surface area (Å²) in [5, 5.41) is 0. The molecule has 2 aromatic rings. The van der Waals surface area contributed by atoms with E-state index < -0.39 is 0 Å². The second kappa shape index (κ2) is 7.63. The summed E-state index contributed by atoms with van der Waals surface area (Å²) >= 11 is 0. The van der Waals surface area contributed by atoms with Crippen molar-refractivity contribution in [1.82, 2.24) is 0 Å². The van der Waals surface area contributed by atoms with Crippen molar-refractivity contribution < 1.29 is 0 Å². The Balaban J connectivity index is 0.000000181. The maximum Gasteiger partial charge on any atom is 0.0419 e. The Morgan fingerprint density at radius 2 is 1.12 bits per heavy atom. The SMILES string of the molecule is NC[C@H](N)c1ccccc1.c1ccccc1. The number of rotatable bonds is 2. The molecule has 0 saturated carbocycles. The molecule has 0 radical (unpaired) electrons. The highest BCUT2D eigenvalue weighted by Crippen LogP contribution is 2.06. The third-order valence-electron chi connectivity index (χ3n) is 2.15. The zero-order valence-corrected chi connectivity index (χ0v) is 9.29. The molecule has 4 N–H and O–H groups in total. The Hall–Kier alpha value is -1.64. The molecule has 2 rings (SSSR count). The fourth-order valence-corrected chi connectivity index (χ4v) is 1.22. The van der Waals surface area contributed by atoms with Gasteiger partial charge in [-0.25, -0.2) is 0 Å². The molecule has 0 spiro atoms. The minimum atomic E-state index is -0.0128. The summed E-state index contributed by atoms with van der Waals surface area (Å²) in [6.45, 7) is 0.504. The molecule has 16 heavy (non-hydrogen) atoms. The van der Waals surface area contributed by atoms with Crippen LogP contribution in [-0.4, -0.2) is 6.54 Å². The molecule has 2 nitrogen and oxygen atoms in total. The summed E-state index contributed by atoms with van der Waals surface area (Å²) in [6, 6.07) is 21.8. The maximum atomic E-state index is 5.67. The van der Waals surface area contributed by atoms with Crippen LogP contribution in [-0.2, 0) is 0 Å². The molecule has 0 amide bonds. The molecule has 1 atom stereocenters. The Morgan fingerprint density at radius 1 is 0.750 bits per heavy atom. The van der Waals surface area contributed by atoms with Crippen molar-refractivity contribution in [2.45, 2.75) is 6.04 Å². The van der Waals surface area contributed by atoms with Crippen molar-refractivity contribution in [3.8, 4) is 0 Å². The van der Waals surface area contributed by atoms with Crippen LogP contribution in [0.1, 0.15) is 11.6 Å². The summed E-state index contributed by atoms with van der Waals surface area (Å²) in [4.78, 5) is 0. The smallest absolute Gasteiger partial charge is 0.0419 e. The van der Waals surface area contributed by atoms with E-state index in [0.717, 1.165) is 5.56 Å². The zero-order chi connectivity index (χ0) is 11.6. The lowest BCUT2D eigenvalue weighted by atomic mass is 10.1. The van der Waals surface area contributed by atoms with Crippen LogP contribution in [0.3, 0.4) is 0 Å². The lowest BCUT2D eigenvalue weighted by Crippen LogP contribution is -2.20. The molecular formula is C14H18N2. The lowest BCUT2D eigenvalue weighted by molar-refractivity contribution is 0.737. The van der Waals surface area contributed by atoms with Crippen LogP contribution in [0, 0.1) is 0 Å². The largest absolute Gasteiger partial charge is 0.329 e. The van der Waals surface area contributed by atoms with Gasteiger partial charge >= 0.3 is 0 Å². The summed E-state index contributed by atoms with van der Waals surface area (Å²) < 4.78 is 0. The topological polar surface area (TPSA) is 52.0 Å². The van der Waals surface area contributed by atoms with Crippen molar-refractivity contribution in [1.29, 1.82) is 0 Å². The monoisotopic (exact) mass is 214 g/mol. The highest BCUT2D eigenvalue weighted by Gasteiger charge is 1.99. The first-order valence-electron chi connectivity index (χ1n) is 5.35. The van der Waals surface area contributed by atoms with E-state index in [1.807, 2.05) is 66.7 Å². The number of nitrogens with two attached hydrogens (primary N) is 2. The Kier molecular flexibility index (Phi) is 5.92. The van der Waals surface area contributed by atoms with Gasteiger partial charge in [0.15, 0.2) is 0 Å². The van der Waals surface area contributed by atoms with Crippen LogP contribution >= 0.6 is 0 Å². The molecule has 0 aliphatic carbocycles. The highest BCUT2D eigenvalue weighted by atomic mass is 14.7. The van der Waals surface area contributed by atoms with Crippen molar-refractivity contribution >= 4 is 0 Å². The van der Waals surface area contributed by atoms with Gasteiger partial charge in [-0.1, -0.05) is 66.7 Å². The molecular weight excluding hydrogens is 196 g/mol. The van der Waals surface area contributed by atoms with Crippen LogP contribution in [0.2, 0.25) is 0 Å². The van der Waals surface area contributed by atoms with Gasteiger partial charge in [0.2, 0.25) is 0 Å². The molecule has 2 aromatic carbocycles. The molecule has 0 aliphatic heterocycles. The average molecular weight is 214 g/mol. The molecule has 0 unspecified atom stereocenters. The Labute approximate surface area is 96.9 Å². The van der Waals surface area contributed by atoms with Crippen molar-refractivity contribution in [2.75, 3.05) is 6.54 Å². The molecule has 0 heterocycles. The third kappa shape index (κ3) is 4.73. The Morgan fingerprint density at radius 3 is 1.50 bits per heavy atom. The van der Waals surface area contributed by atoms with Crippen LogP contribution in [0.25, 0.3) is 0 Å². The first-order valence-corrected chi connectivity index (χ1v) is 5.35. The predicted octanol–water partition coefficient (Wildman–Crippen LogP) is 2.33. The van der Waals surface area contributed by atoms with Gasteiger partial charge in [0.1, 0.15) is 0 Å². The zero-order valence-electron chi connectivity index (χ0n) is 9.29. The van der Waals surface area contributed by atoms with Crippen LogP contribution in [0.5, 0.6) is 0 Å². The first-order chi connectivity index (χ1) is 7.84. The van der Waals surface area contributed by atoms with Gasteiger partial charge in [-0.15, -0.1) is 0 Å². The lowest BCUT2D eigenvalue weighted by Gasteiger charge is -2.06. The van der Waals surface area contributed by atoms with Crippen LogP contribution in [0.15, 0.2) is 66.7 Å². The van der Waals surface area contributed by atoms with Gasteiger partial charge < -0.3 is 11.5 Å². The second-order valence-corrected chi connectivity index (χ2v) is 3.41. The first kappa shape index (κ1) is 12.4. The summed E-state index contributed by atoms with van der Waals surface area (Å²) in [5.41, 5.74) is 12.2. The minimum Gasteiger partial charge on any atom is -0.329 e. The van der Waals surface area contributed by atoms with Crippen LogP contribution in [0.4, 0.5) is 0 Å². The number of hydrogen-bond acceptors (Lipinski definition) is 2. The fraction of sp³-hybridized carbons (Fsp3) is 0.143. The van der Waals surface area contributed by atoms with Gasteiger partial charge in [0.25, 0.3) is 0 Å². The van der Waals surface area contributed by atoms with Gasteiger partial charge in [0, 0.05) is 12.6 Å². The van der Waals surface area contributed by atoms with Gasteiger partial charge in [-0.05, 0) is 5.56 Å². The summed E-state index contributed by atoms with van der Waals surface area (Å²) in [6.07, 6.45) is 0. The molecule has 0 saturated heterocycles. The van der Waals surface area contributed by atoms with E-state index in [9.17, 15) is 0 Å². The average Bonchev–Trinajstić information content (AvgIpc) is 2.41. The second-order valence-electron chi connectivity index (χ2n) is 3.41. The van der Waals surface area contributed by atoms with Crippen molar-refractivity contribution in [3.63, 3.8) is 0 Å². The number of benzene rings is 2. The van der Waals surface area contributed by atoms with E-state index in [0.29, 0.717) is 6.54 Å². The fourth-order valence-electron chi connectivity index (χ4n) is 1.22.